The standard InChI is InChI=1S/C18H17N5/c1-2-4-15-13-23(12-8-14(15)3-1)17-7-11-20-18(22-17)21-16-5-9-19-10-6-16/h1-7,9-11H,8,12-13H2,(H,19,20,21,22). The molecule has 1 aliphatic rings. The zero-order valence-corrected chi connectivity index (χ0v) is 12.7. The van der Waals surface area contributed by atoms with Crippen LogP contribution < -0.4 is 10.2 Å². The van der Waals surface area contributed by atoms with Gasteiger partial charge >= 0.3 is 0 Å². The molecular weight excluding hydrogens is 286 g/mol. The maximum atomic E-state index is 4.65. The molecule has 1 N–H and O–H groups in total. The van der Waals surface area contributed by atoms with Gasteiger partial charge in [0.25, 0.3) is 0 Å². The second-order valence-electron chi connectivity index (χ2n) is 5.54. The van der Waals surface area contributed by atoms with Crippen molar-refractivity contribution in [3.05, 3.63) is 72.2 Å². The molecule has 4 rings (SSSR count). The normalized spacial score (nSPS) is 13.5. The number of fused-ring (bicyclic) bond motifs is 1. The molecule has 5 heteroatoms. The summed E-state index contributed by atoms with van der Waals surface area (Å²) < 4.78 is 0. The van der Waals surface area contributed by atoms with Crippen LogP contribution in [0.15, 0.2) is 61.1 Å². The summed E-state index contributed by atoms with van der Waals surface area (Å²) in [5, 5.41) is 3.21. The number of rotatable bonds is 3. The lowest BCUT2D eigenvalue weighted by atomic mass is 10.00. The molecule has 0 unspecified atom stereocenters. The van der Waals surface area contributed by atoms with E-state index in [0.717, 1.165) is 31.0 Å². The average molecular weight is 303 g/mol. The van der Waals surface area contributed by atoms with Gasteiger partial charge in [-0.3, -0.25) is 4.98 Å². The van der Waals surface area contributed by atoms with Crippen LogP contribution in [0.5, 0.6) is 0 Å². The minimum atomic E-state index is 0.604. The summed E-state index contributed by atoms with van der Waals surface area (Å²) in [6.45, 7) is 1.87. The predicted molar refractivity (Wildman–Crippen MR) is 90.7 cm³/mol. The Morgan fingerprint density at radius 3 is 2.61 bits per heavy atom. The van der Waals surface area contributed by atoms with Crippen molar-refractivity contribution in [3.8, 4) is 0 Å². The van der Waals surface area contributed by atoms with Gasteiger partial charge in [-0.15, -0.1) is 0 Å². The van der Waals surface area contributed by atoms with Crippen LogP contribution in [0.1, 0.15) is 11.1 Å². The first-order chi connectivity index (χ1) is 11.4. The minimum Gasteiger partial charge on any atom is -0.352 e. The smallest absolute Gasteiger partial charge is 0.229 e. The third kappa shape index (κ3) is 2.99. The summed E-state index contributed by atoms with van der Waals surface area (Å²) in [5.74, 6) is 1.55. The number of pyridine rings is 1. The van der Waals surface area contributed by atoms with E-state index in [0.29, 0.717) is 5.95 Å². The molecule has 0 aliphatic carbocycles. The van der Waals surface area contributed by atoms with Gasteiger partial charge in [0, 0.05) is 37.4 Å². The Balaban J connectivity index is 1.55. The van der Waals surface area contributed by atoms with Crippen molar-refractivity contribution in [2.24, 2.45) is 0 Å². The van der Waals surface area contributed by atoms with E-state index in [1.54, 1.807) is 18.6 Å². The Kier molecular flexibility index (Phi) is 3.60. The second-order valence-corrected chi connectivity index (χ2v) is 5.54. The fraction of sp³-hybridized carbons (Fsp3) is 0.167. The van der Waals surface area contributed by atoms with E-state index in [4.69, 9.17) is 0 Å². The monoisotopic (exact) mass is 303 g/mol. The van der Waals surface area contributed by atoms with Crippen LogP contribution in [-0.4, -0.2) is 21.5 Å². The van der Waals surface area contributed by atoms with E-state index >= 15 is 0 Å². The largest absolute Gasteiger partial charge is 0.352 e. The third-order valence-electron chi connectivity index (χ3n) is 4.03. The molecule has 0 fully saturated rings. The highest BCUT2D eigenvalue weighted by Gasteiger charge is 2.17. The number of hydrogen-bond donors (Lipinski definition) is 1. The molecule has 114 valence electrons. The first-order valence-electron chi connectivity index (χ1n) is 7.70. The number of nitrogens with zero attached hydrogens (tertiary/aromatic N) is 4. The van der Waals surface area contributed by atoms with Crippen LogP contribution in [-0.2, 0) is 13.0 Å². The number of nitrogens with one attached hydrogen (secondary N) is 1. The Labute approximate surface area is 135 Å². The number of benzene rings is 1. The van der Waals surface area contributed by atoms with Gasteiger partial charge in [0.05, 0.1) is 0 Å². The van der Waals surface area contributed by atoms with Crippen LogP contribution in [0.3, 0.4) is 0 Å². The van der Waals surface area contributed by atoms with Gasteiger partial charge < -0.3 is 10.2 Å². The third-order valence-corrected chi connectivity index (χ3v) is 4.03. The molecule has 0 saturated heterocycles. The molecule has 3 heterocycles. The zero-order chi connectivity index (χ0) is 15.5. The lowest BCUT2D eigenvalue weighted by molar-refractivity contribution is 0.720. The van der Waals surface area contributed by atoms with Crippen molar-refractivity contribution in [3.63, 3.8) is 0 Å². The molecule has 0 amide bonds. The zero-order valence-electron chi connectivity index (χ0n) is 12.7. The Hall–Kier alpha value is -2.95. The lowest BCUT2D eigenvalue weighted by Gasteiger charge is -2.29. The molecule has 0 atom stereocenters. The van der Waals surface area contributed by atoms with E-state index in [2.05, 4.69) is 49.4 Å². The van der Waals surface area contributed by atoms with Crippen molar-refractivity contribution < 1.29 is 0 Å². The van der Waals surface area contributed by atoms with E-state index in [1.807, 2.05) is 18.2 Å². The fourth-order valence-electron chi connectivity index (χ4n) is 2.84. The Bertz CT molecular complexity index is 803. The minimum absolute atomic E-state index is 0.604. The van der Waals surface area contributed by atoms with E-state index in [-0.39, 0.29) is 0 Å². The summed E-state index contributed by atoms with van der Waals surface area (Å²) in [5.41, 5.74) is 3.75. The highest BCUT2D eigenvalue weighted by atomic mass is 15.2. The molecule has 2 aromatic heterocycles. The topological polar surface area (TPSA) is 53.9 Å². The fourth-order valence-corrected chi connectivity index (χ4v) is 2.84. The molecule has 3 aromatic rings. The van der Waals surface area contributed by atoms with Gasteiger partial charge in [0.15, 0.2) is 0 Å². The van der Waals surface area contributed by atoms with E-state index in [9.17, 15) is 0 Å². The Morgan fingerprint density at radius 1 is 0.913 bits per heavy atom. The number of anilines is 3. The summed E-state index contributed by atoms with van der Waals surface area (Å²) in [4.78, 5) is 15.3. The lowest BCUT2D eigenvalue weighted by Crippen LogP contribution is -2.31. The maximum Gasteiger partial charge on any atom is 0.229 e. The van der Waals surface area contributed by atoms with Gasteiger partial charge in [-0.25, -0.2) is 4.98 Å². The van der Waals surface area contributed by atoms with Gasteiger partial charge in [-0.2, -0.15) is 4.98 Å². The van der Waals surface area contributed by atoms with Crippen LogP contribution in [0.2, 0.25) is 0 Å². The van der Waals surface area contributed by atoms with Crippen molar-refractivity contribution in [2.75, 3.05) is 16.8 Å². The quantitative estimate of drug-likeness (QED) is 0.805. The van der Waals surface area contributed by atoms with Crippen molar-refractivity contribution in [1.29, 1.82) is 0 Å². The molecule has 23 heavy (non-hydrogen) atoms. The average Bonchev–Trinajstić information content (AvgIpc) is 2.62. The van der Waals surface area contributed by atoms with Crippen LogP contribution in [0.4, 0.5) is 17.5 Å². The van der Waals surface area contributed by atoms with E-state index in [1.165, 1.54) is 11.1 Å². The highest BCUT2D eigenvalue weighted by molar-refractivity contribution is 5.54. The van der Waals surface area contributed by atoms with Gasteiger partial charge in [-0.1, -0.05) is 24.3 Å². The molecular formula is C18H17N5. The maximum absolute atomic E-state index is 4.65. The molecule has 0 saturated carbocycles. The number of aromatic nitrogens is 3. The molecule has 0 spiro atoms. The van der Waals surface area contributed by atoms with Crippen molar-refractivity contribution in [1.82, 2.24) is 15.0 Å². The molecule has 1 aromatic carbocycles. The van der Waals surface area contributed by atoms with Crippen molar-refractivity contribution >= 4 is 17.5 Å². The SMILES string of the molecule is c1ccc2c(c1)CCN(c1ccnc(Nc3ccncc3)n1)C2. The van der Waals surface area contributed by atoms with Crippen LogP contribution in [0, 0.1) is 0 Å². The summed E-state index contributed by atoms with van der Waals surface area (Å²) >= 11 is 0. The number of hydrogen-bond acceptors (Lipinski definition) is 5. The van der Waals surface area contributed by atoms with Crippen LogP contribution >= 0.6 is 0 Å². The summed E-state index contributed by atoms with van der Waals surface area (Å²) in [7, 11) is 0. The second kappa shape index (κ2) is 6.04. The van der Waals surface area contributed by atoms with Crippen LogP contribution in [0.25, 0.3) is 0 Å². The summed E-state index contributed by atoms with van der Waals surface area (Å²) in [6, 6.07) is 14.4. The molecule has 1 aliphatic heterocycles. The van der Waals surface area contributed by atoms with Gasteiger partial charge in [0.1, 0.15) is 5.82 Å². The Morgan fingerprint density at radius 2 is 1.74 bits per heavy atom. The molecule has 5 nitrogen and oxygen atoms in total. The van der Waals surface area contributed by atoms with Crippen molar-refractivity contribution in [2.45, 2.75) is 13.0 Å². The van der Waals surface area contributed by atoms with E-state index < -0.39 is 0 Å². The predicted octanol–water partition coefficient (Wildman–Crippen LogP) is 3.18. The first-order valence-corrected chi connectivity index (χ1v) is 7.70. The van der Waals surface area contributed by atoms with Gasteiger partial charge in [-0.05, 0) is 35.7 Å². The van der Waals surface area contributed by atoms with Gasteiger partial charge in [0.2, 0.25) is 5.95 Å². The molecule has 0 bridgehead atoms. The first kappa shape index (κ1) is 13.7. The summed E-state index contributed by atoms with van der Waals surface area (Å²) in [6.07, 6.45) is 6.33. The highest BCUT2D eigenvalue weighted by Crippen LogP contribution is 2.23. The molecule has 0 radical (unpaired) electrons.